The Hall–Kier alpha value is -1.88. The van der Waals surface area contributed by atoms with Crippen LogP contribution in [0, 0.1) is 0 Å². The number of benzene rings is 1. The minimum Gasteiger partial charge on any atom is -0.465 e. The Balaban J connectivity index is 2.37. The molecule has 1 aromatic heterocycles. The molecule has 2 aromatic rings. The van der Waals surface area contributed by atoms with E-state index in [2.05, 4.69) is 9.97 Å². The predicted molar refractivity (Wildman–Crippen MR) is 69.2 cm³/mol. The smallest absolute Gasteiger partial charge is 0.327 e. The fourth-order valence-electron chi connectivity index (χ4n) is 1.99. The highest BCUT2D eigenvalue weighted by Gasteiger charge is 2.24. The van der Waals surface area contributed by atoms with Crippen LogP contribution in [0.15, 0.2) is 24.5 Å². The van der Waals surface area contributed by atoms with Crippen molar-refractivity contribution in [1.29, 1.82) is 0 Å². The summed E-state index contributed by atoms with van der Waals surface area (Å²) in [6.45, 7) is 2.19. The molecule has 1 atom stereocenters. The van der Waals surface area contributed by atoms with E-state index in [0.717, 1.165) is 16.6 Å². The molecule has 0 aliphatic carbocycles. The molecule has 18 heavy (non-hydrogen) atoms. The molecule has 0 aliphatic rings. The molecule has 0 radical (unpaired) electrons. The van der Waals surface area contributed by atoms with Gasteiger partial charge in [-0.1, -0.05) is 6.07 Å². The molecule has 2 rings (SSSR count). The molecule has 0 saturated carbocycles. The van der Waals surface area contributed by atoms with Crippen LogP contribution in [0.2, 0.25) is 0 Å². The van der Waals surface area contributed by atoms with Gasteiger partial charge in [-0.2, -0.15) is 0 Å². The maximum absolute atomic E-state index is 12.0. The second-order valence-electron chi connectivity index (χ2n) is 4.30. The number of likely N-dealkylation sites (N-methyl/N-ethyl adjacent to an activating group) is 1. The van der Waals surface area contributed by atoms with E-state index in [1.165, 1.54) is 0 Å². The van der Waals surface area contributed by atoms with Crippen LogP contribution in [-0.4, -0.2) is 41.5 Å². The van der Waals surface area contributed by atoms with Gasteiger partial charge in [0, 0.05) is 0 Å². The molecule has 96 valence electrons. The molecule has 1 unspecified atom stereocenters. The second kappa shape index (κ2) is 5.18. The summed E-state index contributed by atoms with van der Waals surface area (Å²) in [5.41, 5.74) is 2.71. The minimum atomic E-state index is -0.391. The molecule has 0 bridgehead atoms. The van der Waals surface area contributed by atoms with Gasteiger partial charge in [-0.3, -0.25) is 4.90 Å². The first kappa shape index (κ1) is 12.6. The Morgan fingerprint density at radius 3 is 2.94 bits per heavy atom. The lowest BCUT2D eigenvalue weighted by molar-refractivity contribution is -0.148. The average Bonchev–Trinajstić information content (AvgIpc) is 2.76. The van der Waals surface area contributed by atoms with Gasteiger partial charge < -0.3 is 9.72 Å². The monoisotopic (exact) mass is 247 g/mol. The molecule has 0 amide bonds. The highest BCUT2D eigenvalue weighted by Crippen LogP contribution is 2.22. The zero-order valence-corrected chi connectivity index (χ0v) is 10.8. The summed E-state index contributed by atoms with van der Waals surface area (Å²) < 4.78 is 5.11. The summed E-state index contributed by atoms with van der Waals surface area (Å²) in [7, 11) is 3.72. The number of ether oxygens (including phenoxy) is 1. The standard InChI is InChI=1S/C13H17N3O2/c1-4-18-13(17)12(16(2)3)9-5-6-10-11(7-9)15-8-14-10/h5-8,12H,4H2,1-3H3,(H,14,15). The predicted octanol–water partition coefficient (Wildman–Crippen LogP) is 1.73. The van der Waals surface area contributed by atoms with E-state index in [-0.39, 0.29) is 5.97 Å². The van der Waals surface area contributed by atoms with Crippen LogP contribution in [0.25, 0.3) is 11.0 Å². The van der Waals surface area contributed by atoms with Crippen LogP contribution in [0.1, 0.15) is 18.5 Å². The Labute approximate surface area is 106 Å². The Morgan fingerprint density at radius 1 is 1.50 bits per heavy atom. The van der Waals surface area contributed by atoms with Crippen LogP contribution in [0.5, 0.6) is 0 Å². The Kier molecular flexibility index (Phi) is 3.62. The molecule has 5 nitrogen and oxygen atoms in total. The van der Waals surface area contributed by atoms with Crippen molar-refractivity contribution in [2.45, 2.75) is 13.0 Å². The van der Waals surface area contributed by atoms with Crippen LogP contribution in [0.4, 0.5) is 0 Å². The first-order valence-electron chi connectivity index (χ1n) is 5.89. The normalized spacial score (nSPS) is 12.9. The molecule has 0 aliphatic heterocycles. The second-order valence-corrected chi connectivity index (χ2v) is 4.30. The summed E-state index contributed by atoms with van der Waals surface area (Å²) >= 11 is 0. The third kappa shape index (κ3) is 2.36. The highest BCUT2D eigenvalue weighted by atomic mass is 16.5. The van der Waals surface area contributed by atoms with Crippen molar-refractivity contribution >= 4 is 17.0 Å². The molecule has 0 saturated heterocycles. The van der Waals surface area contributed by atoms with Gasteiger partial charge in [-0.25, -0.2) is 9.78 Å². The molecular formula is C13H17N3O2. The summed E-state index contributed by atoms with van der Waals surface area (Å²) in [5, 5.41) is 0. The minimum absolute atomic E-state index is 0.235. The van der Waals surface area contributed by atoms with Gasteiger partial charge >= 0.3 is 5.97 Å². The quantitative estimate of drug-likeness (QED) is 0.836. The van der Waals surface area contributed by atoms with Crippen LogP contribution >= 0.6 is 0 Å². The van der Waals surface area contributed by atoms with Gasteiger partial charge in [0.05, 0.1) is 24.0 Å². The largest absolute Gasteiger partial charge is 0.465 e. The number of fused-ring (bicyclic) bond motifs is 1. The number of nitrogens with one attached hydrogen (secondary N) is 1. The van der Waals surface area contributed by atoms with Crippen molar-refractivity contribution in [1.82, 2.24) is 14.9 Å². The van der Waals surface area contributed by atoms with Crippen LogP contribution in [-0.2, 0) is 9.53 Å². The maximum Gasteiger partial charge on any atom is 0.327 e. The van der Waals surface area contributed by atoms with Crippen molar-refractivity contribution in [2.24, 2.45) is 0 Å². The number of esters is 1. The van der Waals surface area contributed by atoms with Crippen molar-refractivity contribution in [3.63, 3.8) is 0 Å². The van der Waals surface area contributed by atoms with Gasteiger partial charge in [0.1, 0.15) is 6.04 Å². The number of carbonyl (C=O) groups excluding carboxylic acids is 1. The van der Waals surface area contributed by atoms with Gasteiger partial charge in [0.15, 0.2) is 0 Å². The fourth-order valence-corrected chi connectivity index (χ4v) is 1.99. The number of hydrogen-bond donors (Lipinski definition) is 1. The number of nitrogens with zero attached hydrogens (tertiary/aromatic N) is 2. The molecule has 1 heterocycles. The Morgan fingerprint density at radius 2 is 2.28 bits per heavy atom. The number of aromatic amines is 1. The number of carbonyl (C=O) groups is 1. The van der Waals surface area contributed by atoms with E-state index in [4.69, 9.17) is 4.74 Å². The molecule has 0 fully saturated rings. The Bertz CT molecular complexity index is 548. The summed E-state index contributed by atoms with van der Waals surface area (Å²) in [6.07, 6.45) is 1.64. The molecule has 0 spiro atoms. The van der Waals surface area contributed by atoms with Crippen molar-refractivity contribution in [2.75, 3.05) is 20.7 Å². The van der Waals surface area contributed by atoms with Crippen molar-refractivity contribution < 1.29 is 9.53 Å². The van der Waals surface area contributed by atoms with Gasteiger partial charge in [-0.05, 0) is 38.7 Å². The summed E-state index contributed by atoms with van der Waals surface area (Å²) in [4.78, 5) is 21.0. The number of rotatable bonds is 4. The summed E-state index contributed by atoms with van der Waals surface area (Å²) in [6, 6.07) is 5.35. The number of H-pyrrole nitrogens is 1. The molecule has 1 N–H and O–H groups in total. The summed E-state index contributed by atoms with van der Waals surface area (Å²) in [5.74, 6) is -0.235. The number of aromatic nitrogens is 2. The third-order valence-corrected chi connectivity index (χ3v) is 2.79. The van der Waals surface area contributed by atoms with E-state index < -0.39 is 6.04 Å². The fraction of sp³-hybridized carbons (Fsp3) is 0.385. The topological polar surface area (TPSA) is 58.2 Å². The van der Waals surface area contributed by atoms with Gasteiger partial charge in [0.2, 0.25) is 0 Å². The SMILES string of the molecule is CCOC(=O)C(c1ccc2nc[nH]c2c1)N(C)C. The molecule has 5 heteroatoms. The third-order valence-electron chi connectivity index (χ3n) is 2.79. The van der Waals surface area contributed by atoms with E-state index in [0.29, 0.717) is 6.61 Å². The zero-order valence-electron chi connectivity index (χ0n) is 10.8. The number of hydrogen-bond acceptors (Lipinski definition) is 4. The van der Waals surface area contributed by atoms with Crippen LogP contribution < -0.4 is 0 Å². The van der Waals surface area contributed by atoms with E-state index in [9.17, 15) is 4.79 Å². The van der Waals surface area contributed by atoms with E-state index >= 15 is 0 Å². The maximum atomic E-state index is 12.0. The lowest BCUT2D eigenvalue weighted by Gasteiger charge is -2.22. The average molecular weight is 247 g/mol. The lowest BCUT2D eigenvalue weighted by atomic mass is 10.1. The van der Waals surface area contributed by atoms with Crippen molar-refractivity contribution in [3.05, 3.63) is 30.1 Å². The first-order chi connectivity index (χ1) is 8.63. The zero-order chi connectivity index (χ0) is 13.1. The van der Waals surface area contributed by atoms with E-state index in [1.54, 1.807) is 6.33 Å². The van der Waals surface area contributed by atoms with Crippen LogP contribution in [0.3, 0.4) is 0 Å². The highest BCUT2D eigenvalue weighted by molar-refractivity contribution is 5.81. The van der Waals surface area contributed by atoms with Gasteiger partial charge in [-0.15, -0.1) is 0 Å². The van der Waals surface area contributed by atoms with Crippen molar-refractivity contribution in [3.8, 4) is 0 Å². The van der Waals surface area contributed by atoms with Gasteiger partial charge in [0.25, 0.3) is 0 Å². The van der Waals surface area contributed by atoms with E-state index in [1.807, 2.05) is 44.1 Å². The first-order valence-corrected chi connectivity index (χ1v) is 5.89. The molecular weight excluding hydrogens is 230 g/mol. The molecule has 1 aromatic carbocycles. The number of imidazole rings is 1. The lowest BCUT2D eigenvalue weighted by Crippen LogP contribution is -2.29.